The van der Waals surface area contributed by atoms with Gasteiger partial charge in [0, 0.05) is 6.42 Å². The molecule has 0 aromatic carbocycles. The molecule has 5 unspecified atom stereocenters. The highest BCUT2D eigenvalue weighted by molar-refractivity contribution is 5.69. The van der Waals surface area contributed by atoms with E-state index < -0.39 is 6.10 Å². The van der Waals surface area contributed by atoms with E-state index in [0.29, 0.717) is 23.9 Å². The number of aliphatic hydroxyl groups excluding tert-OH is 1. The lowest BCUT2D eigenvalue weighted by Gasteiger charge is -2.58. The van der Waals surface area contributed by atoms with E-state index in [1.54, 1.807) is 5.57 Å². The molecule has 300 valence electrons. The number of carbonyl (C=O) groups excluding carboxylic acids is 1. The first kappa shape index (κ1) is 43.6. The van der Waals surface area contributed by atoms with Crippen molar-refractivity contribution in [3.05, 3.63) is 23.8 Å². The van der Waals surface area contributed by atoms with Gasteiger partial charge in [0.25, 0.3) is 0 Å². The number of ether oxygens (including phenoxy) is 2. The van der Waals surface area contributed by atoms with Crippen molar-refractivity contribution in [3.63, 3.8) is 0 Å². The second-order valence-electron chi connectivity index (χ2n) is 19.1. The average Bonchev–Trinajstić information content (AvgIpc) is 3.48. The Morgan fingerprint density at radius 2 is 1.54 bits per heavy atom. The minimum Gasteiger partial charge on any atom is -0.457 e. The number of rotatable bonds is 25. The zero-order valence-corrected chi connectivity index (χ0v) is 35.1. The predicted octanol–water partition coefficient (Wildman–Crippen LogP) is 13.4. The van der Waals surface area contributed by atoms with Crippen molar-refractivity contribution < 1.29 is 19.4 Å². The summed E-state index contributed by atoms with van der Waals surface area (Å²) in [6.07, 6.45) is 38.0. The van der Waals surface area contributed by atoms with Crippen LogP contribution in [-0.4, -0.2) is 36.5 Å². The molecule has 52 heavy (non-hydrogen) atoms. The van der Waals surface area contributed by atoms with Gasteiger partial charge in [0.2, 0.25) is 0 Å². The minimum absolute atomic E-state index is 0.158. The van der Waals surface area contributed by atoms with Crippen LogP contribution in [0.15, 0.2) is 23.8 Å². The fourth-order valence-corrected chi connectivity index (χ4v) is 11.7. The number of fused-ring (bicyclic) bond motifs is 5. The van der Waals surface area contributed by atoms with Gasteiger partial charge in [0.15, 0.2) is 0 Å². The summed E-state index contributed by atoms with van der Waals surface area (Å²) in [6.45, 7) is 15.0. The third-order valence-corrected chi connectivity index (χ3v) is 14.9. The Morgan fingerprint density at radius 1 is 0.846 bits per heavy atom. The normalized spacial score (nSPS) is 31.2. The number of aliphatic hydroxyl groups is 1. The van der Waals surface area contributed by atoms with Crippen LogP contribution < -0.4 is 0 Å². The quantitative estimate of drug-likeness (QED) is 0.0578. The molecule has 0 amide bonds. The Labute approximate surface area is 322 Å². The largest absolute Gasteiger partial charge is 0.457 e. The van der Waals surface area contributed by atoms with Crippen LogP contribution >= 0.6 is 0 Å². The van der Waals surface area contributed by atoms with Gasteiger partial charge in [-0.2, -0.15) is 0 Å². The lowest BCUT2D eigenvalue weighted by atomic mass is 9.47. The van der Waals surface area contributed by atoms with E-state index in [9.17, 15) is 9.90 Å². The van der Waals surface area contributed by atoms with E-state index in [0.717, 1.165) is 61.2 Å². The SMILES string of the molecule is CCCCCCCC/C=C\CCCCCCCC(=O)OC(CO)COC1CC[C@@]2(C)C(=CCC3C2CC[C@@]2(C)C3CC[C@@H]2[C@H](C)CCCC(C)C)C1. The number of carbonyl (C=O) groups is 1. The maximum Gasteiger partial charge on any atom is 0.306 e. The molecule has 0 aliphatic heterocycles. The third-order valence-electron chi connectivity index (χ3n) is 14.9. The molecular weight excluding hydrogens is 641 g/mol. The van der Waals surface area contributed by atoms with Crippen LogP contribution in [0.1, 0.15) is 202 Å². The van der Waals surface area contributed by atoms with Crippen LogP contribution in [0.3, 0.4) is 0 Å². The van der Waals surface area contributed by atoms with Gasteiger partial charge in [-0.25, -0.2) is 0 Å². The molecule has 4 heteroatoms. The van der Waals surface area contributed by atoms with Crippen LogP contribution in [-0.2, 0) is 14.3 Å². The Kier molecular flexibility index (Phi) is 18.8. The van der Waals surface area contributed by atoms with Gasteiger partial charge < -0.3 is 14.6 Å². The molecule has 4 rings (SSSR count). The van der Waals surface area contributed by atoms with Gasteiger partial charge in [-0.1, -0.05) is 136 Å². The number of allylic oxidation sites excluding steroid dienone is 3. The van der Waals surface area contributed by atoms with Crippen molar-refractivity contribution in [3.8, 4) is 0 Å². The first-order valence-corrected chi connectivity index (χ1v) is 22.9. The molecule has 0 heterocycles. The van der Waals surface area contributed by atoms with Gasteiger partial charge >= 0.3 is 5.97 Å². The highest BCUT2D eigenvalue weighted by Gasteiger charge is 2.59. The Bertz CT molecular complexity index is 1080. The van der Waals surface area contributed by atoms with Gasteiger partial charge in [-0.3, -0.25) is 4.79 Å². The van der Waals surface area contributed by atoms with E-state index in [1.165, 1.54) is 128 Å². The maximum atomic E-state index is 12.6. The summed E-state index contributed by atoms with van der Waals surface area (Å²) in [5.41, 5.74) is 2.46. The number of hydrogen-bond acceptors (Lipinski definition) is 4. The molecular formula is C48H84O4. The monoisotopic (exact) mass is 725 g/mol. The Hall–Kier alpha value is -1.13. The summed E-state index contributed by atoms with van der Waals surface area (Å²) in [6, 6.07) is 0. The standard InChI is InChI=1S/C48H84O4/c1-7-8-9-10-11-12-13-14-15-16-17-18-19-20-21-25-46(50)52-41(35-49)36-51-40-30-32-47(5)39(34-40)26-27-42-44-29-28-43(38(4)24-22-23-37(2)3)48(44,6)33-31-45(42)47/h14-15,26,37-38,40-45,49H,7-13,16-25,27-36H2,1-6H3/b15-14-/t38-,40?,41?,42?,43-,44?,45?,47+,48-/m1/s1. The highest BCUT2D eigenvalue weighted by atomic mass is 16.6. The molecule has 9 atom stereocenters. The first-order chi connectivity index (χ1) is 25.1. The molecule has 0 aromatic heterocycles. The van der Waals surface area contributed by atoms with E-state index >= 15 is 0 Å². The highest BCUT2D eigenvalue weighted by Crippen LogP contribution is 2.67. The van der Waals surface area contributed by atoms with Gasteiger partial charge in [-0.15, -0.1) is 0 Å². The summed E-state index contributed by atoms with van der Waals surface area (Å²) >= 11 is 0. The molecule has 1 N–H and O–H groups in total. The molecule has 3 saturated carbocycles. The topological polar surface area (TPSA) is 55.8 Å². The van der Waals surface area contributed by atoms with Crippen molar-refractivity contribution in [2.75, 3.05) is 13.2 Å². The lowest BCUT2D eigenvalue weighted by Crippen LogP contribution is -2.51. The molecule has 4 aliphatic carbocycles. The maximum absolute atomic E-state index is 12.6. The van der Waals surface area contributed by atoms with Gasteiger partial charge in [0.05, 0.1) is 19.3 Å². The molecule has 4 aliphatic rings. The fourth-order valence-electron chi connectivity index (χ4n) is 11.7. The van der Waals surface area contributed by atoms with E-state index in [-0.39, 0.29) is 18.7 Å². The van der Waals surface area contributed by atoms with Crippen molar-refractivity contribution in [1.29, 1.82) is 0 Å². The van der Waals surface area contributed by atoms with E-state index in [2.05, 4.69) is 59.8 Å². The minimum atomic E-state index is -0.562. The Balaban J connectivity index is 1.11. The molecule has 0 bridgehead atoms. The third kappa shape index (κ3) is 12.4. The van der Waals surface area contributed by atoms with E-state index in [4.69, 9.17) is 9.47 Å². The van der Waals surface area contributed by atoms with Crippen molar-refractivity contribution in [2.24, 2.45) is 46.3 Å². The summed E-state index contributed by atoms with van der Waals surface area (Å²) in [5.74, 6) is 4.94. The van der Waals surface area contributed by atoms with Gasteiger partial charge in [-0.05, 0) is 130 Å². The van der Waals surface area contributed by atoms with Crippen LogP contribution in [0, 0.1) is 46.3 Å². The zero-order chi connectivity index (χ0) is 37.4. The summed E-state index contributed by atoms with van der Waals surface area (Å²) in [5, 5.41) is 10.0. The molecule has 4 nitrogen and oxygen atoms in total. The molecule has 0 saturated heterocycles. The van der Waals surface area contributed by atoms with Crippen molar-refractivity contribution in [1.82, 2.24) is 0 Å². The smallest absolute Gasteiger partial charge is 0.306 e. The Morgan fingerprint density at radius 3 is 2.23 bits per heavy atom. The summed E-state index contributed by atoms with van der Waals surface area (Å²) < 4.78 is 12.1. The van der Waals surface area contributed by atoms with Crippen LogP contribution in [0.2, 0.25) is 0 Å². The fraction of sp³-hybridized carbons (Fsp3) is 0.896. The summed E-state index contributed by atoms with van der Waals surface area (Å²) in [7, 11) is 0. The second kappa shape index (κ2) is 22.4. The molecule has 0 spiro atoms. The number of unbranched alkanes of at least 4 members (excludes halogenated alkanes) is 11. The second-order valence-corrected chi connectivity index (χ2v) is 19.1. The first-order valence-electron chi connectivity index (χ1n) is 22.9. The van der Waals surface area contributed by atoms with Gasteiger partial charge in [0.1, 0.15) is 6.10 Å². The van der Waals surface area contributed by atoms with Crippen LogP contribution in [0.25, 0.3) is 0 Å². The molecule has 0 aromatic rings. The van der Waals surface area contributed by atoms with E-state index in [1.807, 2.05) is 0 Å². The van der Waals surface area contributed by atoms with Crippen LogP contribution in [0.4, 0.5) is 0 Å². The number of esters is 1. The number of hydrogen-bond donors (Lipinski definition) is 1. The molecule has 0 radical (unpaired) electrons. The van der Waals surface area contributed by atoms with Crippen molar-refractivity contribution in [2.45, 2.75) is 214 Å². The van der Waals surface area contributed by atoms with Crippen LogP contribution in [0.5, 0.6) is 0 Å². The summed E-state index contributed by atoms with van der Waals surface area (Å²) in [4.78, 5) is 12.6. The predicted molar refractivity (Wildman–Crippen MR) is 219 cm³/mol. The van der Waals surface area contributed by atoms with Crippen molar-refractivity contribution >= 4 is 5.97 Å². The molecule has 3 fully saturated rings. The average molecular weight is 725 g/mol. The zero-order valence-electron chi connectivity index (χ0n) is 35.1. The lowest BCUT2D eigenvalue weighted by molar-refractivity contribution is -0.157.